The number of pyridine rings is 2. The average molecular weight is 823 g/mol. The molecule has 4 aromatic heterocycles. The molecule has 5 heteroatoms. The molecule has 0 bridgehead atoms. The van der Waals surface area contributed by atoms with Crippen LogP contribution in [-0.4, -0.2) is 24.0 Å². The van der Waals surface area contributed by atoms with Crippen molar-refractivity contribution < 1.29 is 5.11 Å². The van der Waals surface area contributed by atoms with E-state index < -0.39 is 0 Å². The van der Waals surface area contributed by atoms with Crippen molar-refractivity contribution in [1.29, 1.82) is 0 Å². The van der Waals surface area contributed by atoms with Crippen LogP contribution in [0, 0.1) is 0 Å². The van der Waals surface area contributed by atoms with Crippen LogP contribution in [0.3, 0.4) is 0 Å². The van der Waals surface area contributed by atoms with Gasteiger partial charge in [0, 0.05) is 39.9 Å². The number of hydrogen-bond acceptors (Lipinski definition) is 3. The first-order valence-electron chi connectivity index (χ1n) is 22.0. The number of hydrogen-bond donors (Lipinski definition) is 1. The van der Waals surface area contributed by atoms with E-state index in [0.29, 0.717) is 11.4 Å². The maximum atomic E-state index is 12.6. The fourth-order valence-corrected chi connectivity index (χ4v) is 9.22. The van der Waals surface area contributed by atoms with Crippen LogP contribution in [0.5, 0.6) is 5.75 Å². The zero-order chi connectivity index (χ0) is 44.0. The summed E-state index contributed by atoms with van der Waals surface area (Å²) in [5.74, 6) is 0.953. The SMILES string of the molecule is CC(C)(C)c1ccc(-n2c(-c3cc(C(C)(C)C)cc(C(C)(C)C)c3O)nc3c4c5cc(-c6cc(-c7ccccc7)ccn6)ccc5c5cccn5c4ccc32)c(-c2ccccc2)c1. The zero-order valence-corrected chi connectivity index (χ0v) is 37.7. The highest BCUT2D eigenvalue weighted by Crippen LogP contribution is 2.46. The fraction of sp³-hybridized carbons (Fsp3) is 0.207. The number of aromatic nitrogens is 4. The van der Waals surface area contributed by atoms with Gasteiger partial charge in [0.25, 0.3) is 0 Å². The lowest BCUT2D eigenvalue weighted by Gasteiger charge is -2.28. The normalized spacial score (nSPS) is 12.6. The Kier molecular flexibility index (Phi) is 9.27. The number of fused-ring (bicyclic) bond motifs is 8. The molecule has 0 saturated carbocycles. The molecule has 0 unspecified atom stereocenters. The number of imidazole rings is 1. The molecule has 10 rings (SSSR count). The number of phenols is 1. The summed E-state index contributed by atoms with van der Waals surface area (Å²) in [6, 6.07) is 52.1. The molecule has 0 aliphatic carbocycles. The molecule has 0 aliphatic rings. The Bertz CT molecular complexity index is 3390. The Morgan fingerprint density at radius 1 is 0.492 bits per heavy atom. The summed E-state index contributed by atoms with van der Waals surface area (Å²) in [5, 5.41) is 15.9. The van der Waals surface area contributed by atoms with E-state index in [0.717, 1.165) is 88.6 Å². The van der Waals surface area contributed by atoms with Crippen LogP contribution in [-0.2, 0) is 16.2 Å². The molecule has 6 aromatic carbocycles. The second-order valence-electron chi connectivity index (χ2n) is 20.2. The maximum absolute atomic E-state index is 12.6. The first kappa shape index (κ1) is 40.1. The molecule has 0 amide bonds. The van der Waals surface area contributed by atoms with Gasteiger partial charge in [-0.3, -0.25) is 9.55 Å². The lowest BCUT2D eigenvalue weighted by molar-refractivity contribution is 0.446. The quantitative estimate of drug-likeness (QED) is 0.176. The lowest BCUT2D eigenvalue weighted by atomic mass is 9.79. The summed E-state index contributed by atoms with van der Waals surface area (Å²) in [6.07, 6.45) is 4.05. The van der Waals surface area contributed by atoms with Gasteiger partial charge in [-0.25, -0.2) is 4.98 Å². The van der Waals surface area contributed by atoms with Gasteiger partial charge in [-0.15, -0.1) is 0 Å². The van der Waals surface area contributed by atoms with Crippen molar-refractivity contribution >= 4 is 38.2 Å². The van der Waals surface area contributed by atoms with Crippen LogP contribution in [0.2, 0.25) is 0 Å². The first-order chi connectivity index (χ1) is 30.1. The summed E-state index contributed by atoms with van der Waals surface area (Å²) in [6.45, 7) is 20.0. The van der Waals surface area contributed by atoms with Crippen LogP contribution in [0.1, 0.15) is 79.0 Å². The van der Waals surface area contributed by atoms with E-state index in [-0.39, 0.29) is 22.0 Å². The van der Waals surface area contributed by atoms with Gasteiger partial charge >= 0.3 is 0 Å². The van der Waals surface area contributed by atoms with E-state index in [2.05, 4.69) is 217 Å². The smallest absolute Gasteiger partial charge is 0.149 e. The van der Waals surface area contributed by atoms with Gasteiger partial charge < -0.3 is 9.51 Å². The standard InChI is InChI=1S/C58H54N4O/c1-56(2,3)40-23-25-49(43(33-40)37-19-14-11-15-20-37)62-51-27-26-50-52(53(51)60-55(62)45-34-41(57(4,5)6)35-46(54(45)63)58(7,8)9)44-31-39(22-24-42(44)48-21-16-30-61(48)50)47-32-38(28-29-59-47)36-17-12-10-13-18-36/h10-35,63H,1-9H3. The Morgan fingerprint density at radius 3 is 1.87 bits per heavy atom. The summed E-state index contributed by atoms with van der Waals surface area (Å²) in [4.78, 5) is 10.7. The minimum Gasteiger partial charge on any atom is -0.507 e. The molecule has 0 atom stereocenters. The molecular weight excluding hydrogens is 769 g/mol. The van der Waals surface area contributed by atoms with E-state index in [1.807, 2.05) is 12.3 Å². The third kappa shape index (κ3) is 6.87. The summed E-state index contributed by atoms with van der Waals surface area (Å²) < 4.78 is 4.59. The zero-order valence-electron chi connectivity index (χ0n) is 37.7. The number of phenolic OH excluding ortho intramolecular Hbond substituents is 1. The van der Waals surface area contributed by atoms with Gasteiger partial charge in [0.15, 0.2) is 0 Å². The van der Waals surface area contributed by atoms with E-state index >= 15 is 0 Å². The number of rotatable bonds is 5. The van der Waals surface area contributed by atoms with Crippen molar-refractivity contribution in [3.63, 3.8) is 0 Å². The van der Waals surface area contributed by atoms with Crippen LogP contribution < -0.4 is 0 Å². The van der Waals surface area contributed by atoms with Gasteiger partial charge in [-0.05, 0) is 110 Å². The molecule has 1 N–H and O–H groups in total. The third-order valence-corrected chi connectivity index (χ3v) is 12.8. The second kappa shape index (κ2) is 14.6. The highest BCUT2D eigenvalue weighted by atomic mass is 16.3. The molecule has 0 aliphatic heterocycles. The molecular formula is C58H54N4O. The summed E-state index contributed by atoms with van der Waals surface area (Å²) in [5.41, 5.74) is 14.8. The minimum absolute atomic E-state index is 0.0761. The van der Waals surface area contributed by atoms with Crippen LogP contribution >= 0.6 is 0 Å². The van der Waals surface area contributed by atoms with Crippen molar-refractivity contribution in [2.24, 2.45) is 0 Å². The van der Waals surface area contributed by atoms with Crippen molar-refractivity contribution in [2.75, 3.05) is 0 Å². The van der Waals surface area contributed by atoms with Gasteiger partial charge in [0.2, 0.25) is 0 Å². The minimum atomic E-state index is -0.328. The summed E-state index contributed by atoms with van der Waals surface area (Å²) >= 11 is 0. The second-order valence-corrected chi connectivity index (χ2v) is 20.2. The Labute approximate surface area is 370 Å². The monoisotopic (exact) mass is 822 g/mol. The first-order valence-corrected chi connectivity index (χ1v) is 22.0. The van der Waals surface area contributed by atoms with Crippen LogP contribution in [0.25, 0.3) is 88.8 Å². The van der Waals surface area contributed by atoms with Gasteiger partial charge in [-0.2, -0.15) is 0 Å². The van der Waals surface area contributed by atoms with E-state index in [4.69, 9.17) is 9.97 Å². The number of aromatic hydroxyl groups is 1. The predicted molar refractivity (Wildman–Crippen MR) is 264 cm³/mol. The highest BCUT2D eigenvalue weighted by Gasteiger charge is 2.30. The predicted octanol–water partition coefficient (Wildman–Crippen LogP) is 15.2. The molecule has 0 spiro atoms. The molecule has 4 heterocycles. The molecule has 63 heavy (non-hydrogen) atoms. The Balaban J connectivity index is 1.35. The molecule has 5 nitrogen and oxygen atoms in total. The Morgan fingerprint density at radius 2 is 1.17 bits per heavy atom. The van der Waals surface area contributed by atoms with Gasteiger partial charge in [0.1, 0.15) is 11.6 Å². The molecule has 0 radical (unpaired) electrons. The third-order valence-electron chi connectivity index (χ3n) is 12.8. The van der Waals surface area contributed by atoms with E-state index in [1.165, 1.54) is 5.56 Å². The van der Waals surface area contributed by atoms with E-state index in [9.17, 15) is 5.11 Å². The number of benzene rings is 6. The lowest BCUT2D eigenvalue weighted by Crippen LogP contribution is -2.17. The molecule has 0 fully saturated rings. The molecule has 10 aromatic rings. The van der Waals surface area contributed by atoms with Crippen molar-refractivity contribution in [2.45, 2.75) is 78.6 Å². The topological polar surface area (TPSA) is 55.3 Å². The summed E-state index contributed by atoms with van der Waals surface area (Å²) in [7, 11) is 0. The van der Waals surface area contributed by atoms with Gasteiger partial charge in [0.05, 0.1) is 39.0 Å². The van der Waals surface area contributed by atoms with Gasteiger partial charge in [-0.1, -0.05) is 147 Å². The van der Waals surface area contributed by atoms with Crippen molar-refractivity contribution in [1.82, 2.24) is 18.9 Å². The highest BCUT2D eigenvalue weighted by molar-refractivity contribution is 6.22. The average Bonchev–Trinajstić information content (AvgIpc) is 3.92. The largest absolute Gasteiger partial charge is 0.507 e. The number of nitrogens with zero attached hydrogens (tertiary/aromatic N) is 4. The fourth-order valence-electron chi connectivity index (χ4n) is 9.22. The van der Waals surface area contributed by atoms with Crippen molar-refractivity contribution in [3.8, 4) is 56.3 Å². The van der Waals surface area contributed by atoms with Crippen LogP contribution in [0.15, 0.2) is 158 Å². The van der Waals surface area contributed by atoms with E-state index in [1.54, 1.807) is 0 Å². The molecule has 312 valence electrons. The Hall–Kier alpha value is -6.98. The van der Waals surface area contributed by atoms with Crippen LogP contribution in [0.4, 0.5) is 0 Å². The molecule has 0 saturated heterocycles. The van der Waals surface area contributed by atoms with Crippen molar-refractivity contribution in [3.05, 3.63) is 175 Å². The maximum Gasteiger partial charge on any atom is 0.149 e.